The number of nitrogens with zero attached hydrogens (tertiary/aromatic N) is 2. The molecule has 4 rings (SSSR count). The molecule has 0 bridgehead atoms. The molecule has 0 amide bonds. The number of halogens is 3. The number of fused-ring (bicyclic) bond motifs is 1. The van der Waals surface area contributed by atoms with Crippen LogP contribution in [-0.2, 0) is 11.0 Å². The largest absolute Gasteiger partial charge is 0.478 e. The van der Waals surface area contributed by atoms with Crippen LogP contribution in [0.25, 0.3) is 16.6 Å². The number of aromatic nitrogens is 2. The molecule has 3 aromatic carbocycles. The molecule has 4 aromatic rings. The molecule has 0 aliphatic rings. The van der Waals surface area contributed by atoms with Crippen molar-refractivity contribution < 1.29 is 27.8 Å². The molecule has 188 valence electrons. The average Bonchev–Trinajstić information content (AvgIpc) is 3.24. The Labute approximate surface area is 210 Å². The fourth-order valence-corrected chi connectivity index (χ4v) is 4.84. The van der Waals surface area contributed by atoms with Crippen LogP contribution in [0.2, 0.25) is 0 Å². The van der Waals surface area contributed by atoms with Gasteiger partial charge >= 0.3 is 12.1 Å². The molecule has 5 nitrogen and oxygen atoms in total. The number of hydrogen-bond acceptors (Lipinski definition) is 4. The highest BCUT2D eigenvalue weighted by molar-refractivity contribution is 7.99. The zero-order valence-electron chi connectivity index (χ0n) is 20.1. The Kier molecular flexibility index (Phi) is 6.79. The third-order valence-corrected chi connectivity index (χ3v) is 6.94. The van der Waals surface area contributed by atoms with Crippen LogP contribution in [0.1, 0.15) is 42.7 Å². The van der Waals surface area contributed by atoms with Crippen LogP contribution < -0.4 is 4.74 Å². The van der Waals surface area contributed by atoms with Crippen LogP contribution in [-0.4, -0.2) is 26.5 Å². The highest BCUT2D eigenvalue weighted by Gasteiger charge is 2.31. The highest BCUT2D eigenvalue weighted by Crippen LogP contribution is 2.39. The lowest BCUT2D eigenvalue weighted by Crippen LogP contribution is -2.38. The second-order valence-electron chi connectivity index (χ2n) is 9.01. The Morgan fingerprint density at radius 3 is 2.39 bits per heavy atom. The van der Waals surface area contributed by atoms with Gasteiger partial charge in [-0.15, -0.1) is 11.8 Å². The number of ether oxygens (including phenoxy) is 1. The number of aliphatic carboxylic acids is 1. The lowest BCUT2D eigenvalue weighted by Gasteiger charge is -2.23. The van der Waals surface area contributed by atoms with E-state index in [-0.39, 0.29) is 5.25 Å². The van der Waals surface area contributed by atoms with Gasteiger partial charge in [0.2, 0.25) is 0 Å². The van der Waals surface area contributed by atoms with Crippen molar-refractivity contribution in [1.29, 1.82) is 0 Å². The first kappa shape index (κ1) is 25.6. The Morgan fingerprint density at radius 2 is 1.78 bits per heavy atom. The van der Waals surface area contributed by atoms with Crippen molar-refractivity contribution in [1.82, 2.24) is 9.78 Å². The van der Waals surface area contributed by atoms with E-state index in [2.05, 4.69) is 12.0 Å². The third-order valence-electron chi connectivity index (χ3n) is 5.80. The molecule has 0 aliphatic carbocycles. The SMILES string of the molecule is Cc1cc(SC(C)c2cccc3cn(-c4ccc(C(F)(F)F)cc4)nc23)ccc1OC(C)(C)C(=O)O. The van der Waals surface area contributed by atoms with Crippen LogP contribution in [0, 0.1) is 6.92 Å². The lowest BCUT2D eigenvalue weighted by atomic mass is 10.1. The number of hydrogen-bond donors (Lipinski definition) is 1. The molecule has 9 heteroatoms. The quantitative estimate of drug-likeness (QED) is 0.260. The molecule has 0 saturated heterocycles. The lowest BCUT2D eigenvalue weighted by molar-refractivity contribution is -0.152. The monoisotopic (exact) mass is 514 g/mol. The van der Waals surface area contributed by atoms with Gasteiger partial charge in [0.1, 0.15) is 5.75 Å². The smallest absolute Gasteiger partial charge is 0.416 e. The van der Waals surface area contributed by atoms with Crippen molar-refractivity contribution in [2.75, 3.05) is 0 Å². The molecule has 36 heavy (non-hydrogen) atoms. The molecule has 0 aliphatic heterocycles. The topological polar surface area (TPSA) is 64.4 Å². The van der Waals surface area contributed by atoms with Gasteiger partial charge < -0.3 is 9.84 Å². The molecular formula is C27H25F3N2O3S. The van der Waals surface area contributed by atoms with Gasteiger partial charge in [-0.3, -0.25) is 0 Å². The van der Waals surface area contributed by atoms with Gasteiger partial charge in [0, 0.05) is 21.7 Å². The number of carbonyl (C=O) groups is 1. The summed E-state index contributed by atoms with van der Waals surface area (Å²) in [6, 6.07) is 16.4. The van der Waals surface area contributed by atoms with Gasteiger partial charge in [-0.25, -0.2) is 9.48 Å². The van der Waals surface area contributed by atoms with Crippen LogP contribution in [0.4, 0.5) is 13.2 Å². The Balaban J connectivity index is 1.57. The molecule has 1 N–H and O–H groups in total. The van der Waals surface area contributed by atoms with Gasteiger partial charge in [-0.2, -0.15) is 18.3 Å². The number of aryl methyl sites for hydroxylation is 1. The van der Waals surface area contributed by atoms with Crippen LogP contribution in [0.5, 0.6) is 5.75 Å². The van der Waals surface area contributed by atoms with Crippen LogP contribution in [0.15, 0.2) is 71.8 Å². The summed E-state index contributed by atoms with van der Waals surface area (Å²) in [4.78, 5) is 12.4. The second kappa shape index (κ2) is 9.54. The Bertz CT molecular complexity index is 1410. The zero-order chi connectivity index (χ0) is 26.3. The third kappa shape index (κ3) is 5.36. The maximum absolute atomic E-state index is 12.9. The minimum Gasteiger partial charge on any atom is -0.478 e. The first-order valence-electron chi connectivity index (χ1n) is 11.2. The van der Waals surface area contributed by atoms with Crippen molar-refractivity contribution in [2.45, 2.75) is 49.6 Å². The summed E-state index contributed by atoms with van der Waals surface area (Å²) in [5.41, 5.74) is 1.10. The predicted molar refractivity (Wildman–Crippen MR) is 134 cm³/mol. The Hall–Kier alpha value is -3.46. The van der Waals surface area contributed by atoms with Crippen molar-refractivity contribution in [3.63, 3.8) is 0 Å². The van der Waals surface area contributed by atoms with E-state index < -0.39 is 23.3 Å². The van der Waals surface area contributed by atoms with E-state index in [4.69, 9.17) is 4.74 Å². The molecule has 1 heterocycles. The summed E-state index contributed by atoms with van der Waals surface area (Å²) in [6.45, 7) is 6.94. The van der Waals surface area contributed by atoms with Crippen molar-refractivity contribution >= 4 is 28.6 Å². The molecular weight excluding hydrogens is 489 g/mol. The van der Waals surface area contributed by atoms with Crippen molar-refractivity contribution in [3.8, 4) is 11.4 Å². The minimum absolute atomic E-state index is 0.0197. The molecule has 0 fully saturated rings. The summed E-state index contributed by atoms with van der Waals surface area (Å²) >= 11 is 1.62. The second-order valence-corrected chi connectivity index (χ2v) is 10.4. The molecule has 1 atom stereocenters. The fourth-order valence-electron chi connectivity index (χ4n) is 3.73. The van der Waals surface area contributed by atoms with Gasteiger partial charge in [0.05, 0.1) is 16.8 Å². The summed E-state index contributed by atoms with van der Waals surface area (Å²) < 4.78 is 46.0. The van der Waals surface area contributed by atoms with Gasteiger partial charge in [0.25, 0.3) is 0 Å². The average molecular weight is 515 g/mol. The van der Waals surface area contributed by atoms with E-state index >= 15 is 0 Å². The number of thioether (sulfide) groups is 1. The van der Waals surface area contributed by atoms with Crippen LogP contribution in [0.3, 0.4) is 0 Å². The van der Waals surface area contributed by atoms with Crippen molar-refractivity contribution in [2.24, 2.45) is 0 Å². The first-order valence-corrected chi connectivity index (χ1v) is 12.1. The summed E-state index contributed by atoms with van der Waals surface area (Å²) in [5, 5.41) is 14.9. The number of rotatable bonds is 7. The first-order chi connectivity index (χ1) is 16.8. The van der Waals surface area contributed by atoms with E-state index in [1.807, 2.05) is 37.3 Å². The van der Waals surface area contributed by atoms with Gasteiger partial charge in [-0.05, 0) is 81.3 Å². The predicted octanol–water partition coefficient (Wildman–Crippen LogP) is 7.45. The summed E-state index contributed by atoms with van der Waals surface area (Å²) in [6.07, 6.45) is -2.58. The molecule has 1 unspecified atom stereocenters. The van der Waals surface area contributed by atoms with Crippen molar-refractivity contribution in [3.05, 3.63) is 83.6 Å². The van der Waals surface area contributed by atoms with E-state index in [0.717, 1.165) is 39.1 Å². The maximum Gasteiger partial charge on any atom is 0.416 e. The fraction of sp³-hybridized carbons (Fsp3) is 0.259. The molecule has 0 radical (unpaired) electrons. The van der Waals surface area contributed by atoms with E-state index in [9.17, 15) is 23.1 Å². The molecule has 1 aromatic heterocycles. The van der Waals surface area contributed by atoms with Gasteiger partial charge in [-0.1, -0.05) is 18.2 Å². The molecule has 0 spiro atoms. The van der Waals surface area contributed by atoms with Gasteiger partial charge in [0.15, 0.2) is 5.60 Å². The van der Waals surface area contributed by atoms with E-state index in [1.165, 1.54) is 26.0 Å². The number of carboxylic acid groups (broad SMARTS) is 1. The van der Waals surface area contributed by atoms with E-state index in [1.54, 1.807) is 28.7 Å². The summed E-state index contributed by atoms with van der Waals surface area (Å²) in [5.74, 6) is -0.533. The number of alkyl halides is 3. The van der Waals surface area contributed by atoms with E-state index in [0.29, 0.717) is 11.4 Å². The number of carboxylic acids is 1. The normalized spacial score (nSPS) is 13.1. The Morgan fingerprint density at radius 1 is 1.08 bits per heavy atom. The zero-order valence-corrected chi connectivity index (χ0v) is 20.9. The maximum atomic E-state index is 12.9. The molecule has 0 saturated carbocycles. The minimum atomic E-state index is -4.39. The summed E-state index contributed by atoms with van der Waals surface area (Å²) in [7, 11) is 0. The number of benzene rings is 3. The van der Waals surface area contributed by atoms with Crippen LogP contribution >= 0.6 is 11.8 Å². The standard InChI is InChI=1S/C27H25F3N2O3S/c1-16-14-21(12-13-23(16)35-26(3,4)25(33)34)36-17(2)22-7-5-6-18-15-32(31-24(18)22)20-10-8-19(9-11-20)27(28,29)30/h5-15,17H,1-4H3,(H,33,34). The highest BCUT2D eigenvalue weighted by atomic mass is 32.2.